The van der Waals surface area contributed by atoms with Crippen molar-refractivity contribution in [3.8, 4) is 17.2 Å². The molecule has 0 unspecified atom stereocenters. The highest BCUT2D eigenvalue weighted by molar-refractivity contribution is 5.93. The van der Waals surface area contributed by atoms with Crippen molar-refractivity contribution in [3.63, 3.8) is 0 Å². The Hall–Kier alpha value is -3.15. The number of aromatic nitrogens is 1. The lowest BCUT2D eigenvalue weighted by Gasteiger charge is -2.11. The van der Waals surface area contributed by atoms with Gasteiger partial charge in [0.2, 0.25) is 11.8 Å². The molecule has 6 heteroatoms. The van der Waals surface area contributed by atoms with Crippen molar-refractivity contribution in [2.24, 2.45) is 0 Å². The Kier molecular flexibility index (Phi) is 5.09. The number of rotatable bonds is 6. The van der Waals surface area contributed by atoms with E-state index in [9.17, 15) is 9.18 Å². The van der Waals surface area contributed by atoms with E-state index in [4.69, 9.17) is 9.15 Å². The number of halogens is 1. The summed E-state index contributed by atoms with van der Waals surface area (Å²) in [5.74, 6) is 0.0343. The average molecular weight is 340 g/mol. The predicted molar refractivity (Wildman–Crippen MR) is 91.8 cm³/mol. The Morgan fingerprint density at radius 3 is 2.80 bits per heavy atom. The zero-order chi connectivity index (χ0) is 17.6. The van der Waals surface area contributed by atoms with Gasteiger partial charge in [-0.05, 0) is 31.2 Å². The lowest BCUT2D eigenvalue weighted by molar-refractivity contribution is -0.115. The summed E-state index contributed by atoms with van der Waals surface area (Å²) in [5, 5.41) is 2.71. The maximum absolute atomic E-state index is 13.3. The molecule has 0 bridgehead atoms. The molecule has 0 radical (unpaired) electrons. The first-order valence-corrected chi connectivity index (χ1v) is 7.87. The molecule has 0 fully saturated rings. The molecule has 0 aliphatic carbocycles. The molecular weight excluding hydrogens is 323 g/mol. The monoisotopic (exact) mass is 340 g/mol. The molecule has 1 aromatic heterocycles. The van der Waals surface area contributed by atoms with Gasteiger partial charge in [0.1, 0.15) is 17.8 Å². The predicted octanol–water partition coefficient (Wildman–Crippen LogP) is 4.06. The van der Waals surface area contributed by atoms with E-state index in [0.29, 0.717) is 29.6 Å². The van der Waals surface area contributed by atoms with Crippen LogP contribution >= 0.6 is 0 Å². The molecule has 0 atom stereocenters. The molecule has 3 aromatic rings. The molecule has 0 aliphatic heterocycles. The fourth-order valence-corrected chi connectivity index (χ4v) is 2.33. The van der Waals surface area contributed by atoms with Gasteiger partial charge in [-0.15, -0.1) is 0 Å². The van der Waals surface area contributed by atoms with Gasteiger partial charge in [0, 0.05) is 11.6 Å². The van der Waals surface area contributed by atoms with Crippen LogP contribution in [0, 0.1) is 5.82 Å². The first kappa shape index (κ1) is 16.7. The van der Waals surface area contributed by atoms with Crippen LogP contribution in [0.25, 0.3) is 11.5 Å². The molecule has 0 saturated carbocycles. The molecule has 2 aromatic carbocycles. The minimum Gasteiger partial charge on any atom is -0.492 e. The number of ether oxygens (including phenoxy) is 1. The number of nitrogens with zero attached hydrogens (tertiary/aromatic N) is 1. The SMILES string of the molecule is CCOc1cc(F)ccc1NC(=O)Cc1coc(-c2ccccc2)n1. The third-order valence-electron chi connectivity index (χ3n) is 3.43. The molecule has 0 spiro atoms. The fourth-order valence-electron chi connectivity index (χ4n) is 2.33. The van der Waals surface area contributed by atoms with Crippen LogP contribution in [0.15, 0.2) is 59.2 Å². The van der Waals surface area contributed by atoms with Crippen molar-refractivity contribution < 1.29 is 18.3 Å². The second-order valence-corrected chi connectivity index (χ2v) is 5.31. The van der Waals surface area contributed by atoms with Gasteiger partial charge in [0.05, 0.1) is 24.4 Å². The summed E-state index contributed by atoms with van der Waals surface area (Å²) < 4.78 is 24.1. The number of hydrogen-bond donors (Lipinski definition) is 1. The zero-order valence-electron chi connectivity index (χ0n) is 13.7. The van der Waals surface area contributed by atoms with Gasteiger partial charge in [0.15, 0.2) is 0 Å². The molecular formula is C19H17FN2O3. The highest BCUT2D eigenvalue weighted by Crippen LogP contribution is 2.26. The van der Waals surface area contributed by atoms with Gasteiger partial charge >= 0.3 is 0 Å². The fraction of sp³-hybridized carbons (Fsp3) is 0.158. The van der Waals surface area contributed by atoms with E-state index in [1.807, 2.05) is 30.3 Å². The lowest BCUT2D eigenvalue weighted by atomic mass is 10.2. The van der Waals surface area contributed by atoms with Gasteiger partial charge < -0.3 is 14.5 Å². The minimum absolute atomic E-state index is 0.0409. The van der Waals surface area contributed by atoms with Crippen molar-refractivity contribution in [1.82, 2.24) is 4.98 Å². The molecule has 3 rings (SSSR count). The number of nitrogens with one attached hydrogen (secondary N) is 1. The van der Waals surface area contributed by atoms with Crippen molar-refractivity contribution in [1.29, 1.82) is 0 Å². The number of carbonyl (C=O) groups excluding carboxylic acids is 1. The van der Waals surface area contributed by atoms with E-state index in [0.717, 1.165) is 5.56 Å². The largest absolute Gasteiger partial charge is 0.492 e. The van der Waals surface area contributed by atoms with Crippen molar-refractivity contribution in [2.45, 2.75) is 13.3 Å². The van der Waals surface area contributed by atoms with Crippen molar-refractivity contribution >= 4 is 11.6 Å². The van der Waals surface area contributed by atoms with Crippen LogP contribution in [0.1, 0.15) is 12.6 Å². The second kappa shape index (κ2) is 7.61. The Balaban J connectivity index is 1.68. The summed E-state index contributed by atoms with van der Waals surface area (Å²) in [6, 6.07) is 13.4. The number of hydrogen-bond acceptors (Lipinski definition) is 4. The summed E-state index contributed by atoms with van der Waals surface area (Å²) in [4.78, 5) is 16.5. The van der Waals surface area contributed by atoms with Crippen LogP contribution < -0.4 is 10.1 Å². The minimum atomic E-state index is -0.426. The first-order chi connectivity index (χ1) is 12.2. The maximum atomic E-state index is 13.3. The third kappa shape index (κ3) is 4.23. The Morgan fingerprint density at radius 2 is 2.04 bits per heavy atom. The van der Waals surface area contributed by atoms with Crippen LogP contribution in [0.5, 0.6) is 5.75 Å². The third-order valence-corrected chi connectivity index (χ3v) is 3.43. The van der Waals surface area contributed by atoms with E-state index < -0.39 is 5.82 Å². The lowest BCUT2D eigenvalue weighted by Crippen LogP contribution is -2.15. The highest BCUT2D eigenvalue weighted by Gasteiger charge is 2.13. The summed E-state index contributed by atoms with van der Waals surface area (Å²) >= 11 is 0. The van der Waals surface area contributed by atoms with Gasteiger partial charge in [-0.25, -0.2) is 9.37 Å². The Bertz CT molecular complexity index is 862. The second-order valence-electron chi connectivity index (χ2n) is 5.31. The normalized spacial score (nSPS) is 10.5. The van der Waals surface area contributed by atoms with Crippen molar-refractivity contribution in [2.75, 3.05) is 11.9 Å². The number of benzene rings is 2. The maximum Gasteiger partial charge on any atom is 0.230 e. The van der Waals surface area contributed by atoms with Gasteiger partial charge in [-0.2, -0.15) is 0 Å². The molecule has 5 nitrogen and oxygen atoms in total. The number of oxazole rings is 1. The van der Waals surface area contributed by atoms with E-state index in [1.165, 1.54) is 24.5 Å². The van der Waals surface area contributed by atoms with Gasteiger partial charge in [-0.1, -0.05) is 18.2 Å². The summed E-state index contributed by atoms with van der Waals surface area (Å²) in [7, 11) is 0. The summed E-state index contributed by atoms with van der Waals surface area (Å²) in [6.45, 7) is 2.16. The molecule has 0 saturated heterocycles. The Labute approximate surface area is 144 Å². The molecule has 1 heterocycles. The Morgan fingerprint density at radius 1 is 1.24 bits per heavy atom. The quantitative estimate of drug-likeness (QED) is 0.735. The van der Waals surface area contributed by atoms with Crippen LogP contribution in [0.4, 0.5) is 10.1 Å². The standard InChI is InChI=1S/C19H17FN2O3/c1-2-24-17-10-14(20)8-9-16(17)22-18(23)11-15-12-25-19(21-15)13-6-4-3-5-7-13/h3-10,12H,2,11H2,1H3,(H,22,23). The van der Waals surface area contributed by atoms with Crippen LogP contribution in [0.3, 0.4) is 0 Å². The van der Waals surface area contributed by atoms with Crippen LogP contribution in [-0.2, 0) is 11.2 Å². The highest BCUT2D eigenvalue weighted by atomic mass is 19.1. The van der Waals surface area contributed by atoms with E-state index in [1.54, 1.807) is 6.92 Å². The van der Waals surface area contributed by atoms with Crippen LogP contribution in [-0.4, -0.2) is 17.5 Å². The van der Waals surface area contributed by atoms with E-state index in [2.05, 4.69) is 10.3 Å². The number of amides is 1. The topological polar surface area (TPSA) is 64.4 Å². The van der Waals surface area contributed by atoms with Gasteiger partial charge in [0.25, 0.3) is 0 Å². The van der Waals surface area contributed by atoms with E-state index in [-0.39, 0.29) is 12.3 Å². The summed E-state index contributed by atoms with van der Waals surface area (Å²) in [6.07, 6.45) is 1.50. The number of anilines is 1. The van der Waals surface area contributed by atoms with Gasteiger partial charge in [-0.3, -0.25) is 4.79 Å². The average Bonchev–Trinajstić information content (AvgIpc) is 3.07. The number of carbonyl (C=O) groups is 1. The molecule has 1 amide bonds. The van der Waals surface area contributed by atoms with Crippen LogP contribution in [0.2, 0.25) is 0 Å². The molecule has 25 heavy (non-hydrogen) atoms. The zero-order valence-corrected chi connectivity index (χ0v) is 13.7. The molecule has 0 aliphatic rings. The van der Waals surface area contributed by atoms with Crippen molar-refractivity contribution in [3.05, 3.63) is 66.3 Å². The molecule has 1 N–H and O–H groups in total. The summed E-state index contributed by atoms with van der Waals surface area (Å²) in [5.41, 5.74) is 1.77. The first-order valence-electron chi connectivity index (χ1n) is 7.87. The molecule has 128 valence electrons. The smallest absolute Gasteiger partial charge is 0.230 e. The van der Waals surface area contributed by atoms with E-state index >= 15 is 0 Å².